The van der Waals surface area contributed by atoms with Gasteiger partial charge in [0.25, 0.3) is 0 Å². The molecule has 0 N–H and O–H groups in total. The molecule has 1 fully saturated rings. The number of halogens is 3. The van der Waals surface area contributed by atoms with Crippen LogP contribution in [0.1, 0.15) is 43.2 Å². The number of amides is 1. The van der Waals surface area contributed by atoms with E-state index in [1.54, 1.807) is 11.0 Å². The molecule has 1 aliphatic carbocycles. The minimum absolute atomic E-state index is 0.149. The summed E-state index contributed by atoms with van der Waals surface area (Å²) in [5, 5.41) is 1.85. The number of hydrogen-bond acceptors (Lipinski definition) is 1. The molecule has 0 heterocycles. The lowest BCUT2D eigenvalue weighted by Crippen LogP contribution is -2.46. The second kappa shape index (κ2) is 8.21. The SMILES string of the molecule is CN(Cc1cc(Cl)cc(Cl)c1)C(=O)C1(c2ccc(Cl)cc2)CCCCC1. The van der Waals surface area contributed by atoms with Crippen molar-refractivity contribution in [1.29, 1.82) is 0 Å². The largest absolute Gasteiger partial charge is 0.341 e. The minimum atomic E-state index is -0.472. The Hall–Kier alpha value is -1.22. The van der Waals surface area contributed by atoms with Gasteiger partial charge in [0.05, 0.1) is 5.41 Å². The van der Waals surface area contributed by atoms with Crippen molar-refractivity contribution >= 4 is 40.7 Å². The van der Waals surface area contributed by atoms with Crippen molar-refractivity contribution in [2.45, 2.75) is 44.1 Å². The zero-order valence-electron chi connectivity index (χ0n) is 14.8. The van der Waals surface area contributed by atoms with Crippen LogP contribution in [-0.4, -0.2) is 17.9 Å². The third-order valence-corrected chi connectivity index (χ3v) is 5.89. The van der Waals surface area contributed by atoms with Crippen LogP contribution in [0.2, 0.25) is 15.1 Å². The standard InChI is InChI=1S/C21H22Cl3NO/c1-25(14-15-11-18(23)13-19(24)12-15)20(26)21(9-3-2-4-10-21)16-5-7-17(22)8-6-16/h5-8,11-13H,2-4,9-10,14H2,1H3. The molecule has 1 amide bonds. The lowest BCUT2D eigenvalue weighted by molar-refractivity contribution is -0.138. The Labute approximate surface area is 170 Å². The molecule has 0 aromatic heterocycles. The van der Waals surface area contributed by atoms with E-state index in [1.807, 2.05) is 43.4 Å². The molecule has 5 heteroatoms. The van der Waals surface area contributed by atoms with E-state index in [1.165, 1.54) is 6.42 Å². The normalized spacial score (nSPS) is 16.3. The summed E-state index contributed by atoms with van der Waals surface area (Å²) in [7, 11) is 1.85. The molecule has 0 atom stereocenters. The van der Waals surface area contributed by atoms with Crippen LogP contribution < -0.4 is 0 Å². The number of rotatable bonds is 4. The summed E-state index contributed by atoms with van der Waals surface area (Å²) in [5.41, 5.74) is 1.52. The number of benzene rings is 2. The molecule has 0 radical (unpaired) electrons. The molecule has 1 saturated carbocycles. The highest BCUT2D eigenvalue weighted by Crippen LogP contribution is 2.41. The van der Waals surface area contributed by atoms with Gasteiger partial charge in [-0.15, -0.1) is 0 Å². The molecule has 0 spiro atoms. The van der Waals surface area contributed by atoms with Crippen LogP contribution in [0.3, 0.4) is 0 Å². The Morgan fingerprint density at radius 1 is 0.923 bits per heavy atom. The summed E-state index contributed by atoms with van der Waals surface area (Å²) in [4.78, 5) is 15.3. The van der Waals surface area contributed by atoms with Crippen molar-refractivity contribution < 1.29 is 4.79 Å². The van der Waals surface area contributed by atoms with Gasteiger partial charge in [-0.2, -0.15) is 0 Å². The van der Waals surface area contributed by atoms with Crippen molar-refractivity contribution in [1.82, 2.24) is 4.90 Å². The average molecular weight is 411 g/mol. The van der Waals surface area contributed by atoms with Gasteiger partial charge in [-0.25, -0.2) is 0 Å². The fourth-order valence-corrected chi connectivity index (χ4v) is 4.66. The first-order valence-corrected chi connectivity index (χ1v) is 10.0. The zero-order valence-corrected chi connectivity index (χ0v) is 17.0. The topological polar surface area (TPSA) is 20.3 Å². The highest BCUT2D eigenvalue weighted by Gasteiger charge is 2.42. The quantitative estimate of drug-likeness (QED) is 0.563. The molecule has 0 aliphatic heterocycles. The van der Waals surface area contributed by atoms with Crippen LogP contribution in [0.15, 0.2) is 42.5 Å². The molecule has 1 aliphatic rings. The first-order valence-electron chi connectivity index (χ1n) is 8.87. The van der Waals surface area contributed by atoms with E-state index in [9.17, 15) is 4.79 Å². The Morgan fingerprint density at radius 2 is 1.50 bits per heavy atom. The first kappa shape index (κ1) is 19.5. The van der Waals surface area contributed by atoms with E-state index >= 15 is 0 Å². The maximum Gasteiger partial charge on any atom is 0.233 e. The maximum atomic E-state index is 13.5. The molecule has 0 unspecified atom stereocenters. The second-order valence-corrected chi connectivity index (χ2v) is 8.40. The number of nitrogens with zero attached hydrogens (tertiary/aromatic N) is 1. The Morgan fingerprint density at radius 3 is 2.08 bits per heavy atom. The van der Waals surface area contributed by atoms with Gasteiger partial charge >= 0.3 is 0 Å². The molecule has 0 bridgehead atoms. The predicted molar refractivity (Wildman–Crippen MR) is 109 cm³/mol. The highest BCUT2D eigenvalue weighted by molar-refractivity contribution is 6.34. The van der Waals surface area contributed by atoms with Gasteiger partial charge in [0, 0.05) is 28.7 Å². The van der Waals surface area contributed by atoms with E-state index in [4.69, 9.17) is 34.8 Å². The van der Waals surface area contributed by atoms with Gasteiger partial charge in [-0.3, -0.25) is 4.79 Å². The van der Waals surface area contributed by atoms with Crippen LogP contribution in [0.25, 0.3) is 0 Å². The summed E-state index contributed by atoms with van der Waals surface area (Å²) in [6, 6.07) is 13.1. The predicted octanol–water partition coefficient (Wildman–Crippen LogP) is 6.51. The number of hydrogen-bond donors (Lipinski definition) is 0. The van der Waals surface area contributed by atoms with Crippen LogP contribution in [0, 0.1) is 0 Å². The molecule has 138 valence electrons. The molecular weight excluding hydrogens is 389 g/mol. The summed E-state index contributed by atoms with van der Waals surface area (Å²) >= 11 is 18.3. The molecule has 2 aromatic carbocycles. The summed E-state index contributed by atoms with van der Waals surface area (Å²) in [5.74, 6) is 0.149. The second-order valence-electron chi connectivity index (χ2n) is 7.09. The summed E-state index contributed by atoms with van der Waals surface area (Å²) in [6.45, 7) is 0.481. The van der Waals surface area contributed by atoms with Gasteiger partial charge in [0.15, 0.2) is 0 Å². The van der Waals surface area contributed by atoms with Gasteiger partial charge in [-0.05, 0) is 54.3 Å². The van der Waals surface area contributed by atoms with E-state index in [-0.39, 0.29) is 5.91 Å². The minimum Gasteiger partial charge on any atom is -0.341 e. The lowest BCUT2D eigenvalue weighted by Gasteiger charge is -2.39. The van der Waals surface area contributed by atoms with E-state index < -0.39 is 5.41 Å². The van der Waals surface area contributed by atoms with Crippen LogP contribution in [0.5, 0.6) is 0 Å². The van der Waals surface area contributed by atoms with Crippen LogP contribution in [-0.2, 0) is 16.8 Å². The fourth-order valence-electron chi connectivity index (χ4n) is 3.96. The molecule has 26 heavy (non-hydrogen) atoms. The van der Waals surface area contributed by atoms with Crippen molar-refractivity contribution in [3.63, 3.8) is 0 Å². The Bertz CT molecular complexity index is 762. The maximum absolute atomic E-state index is 13.5. The molecular formula is C21H22Cl3NO. The average Bonchev–Trinajstić information content (AvgIpc) is 2.61. The smallest absolute Gasteiger partial charge is 0.233 e. The number of carbonyl (C=O) groups excluding carboxylic acids is 1. The third-order valence-electron chi connectivity index (χ3n) is 5.20. The Kier molecular flexibility index (Phi) is 6.17. The lowest BCUT2D eigenvalue weighted by atomic mass is 9.68. The van der Waals surface area contributed by atoms with Crippen molar-refractivity contribution in [2.24, 2.45) is 0 Å². The number of carbonyl (C=O) groups is 1. The zero-order chi connectivity index (χ0) is 18.7. The van der Waals surface area contributed by atoms with Gasteiger partial charge in [0.1, 0.15) is 0 Å². The molecule has 2 nitrogen and oxygen atoms in total. The number of likely N-dealkylation sites (N-methyl/N-ethyl adjacent to an activating group) is 1. The first-order chi connectivity index (χ1) is 12.4. The van der Waals surface area contributed by atoms with Crippen LogP contribution >= 0.6 is 34.8 Å². The van der Waals surface area contributed by atoms with Gasteiger partial charge in [0.2, 0.25) is 5.91 Å². The van der Waals surface area contributed by atoms with Crippen molar-refractivity contribution in [3.05, 3.63) is 68.7 Å². The molecule has 0 saturated heterocycles. The van der Waals surface area contributed by atoms with Crippen molar-refractivity contribution in [2.75, 3.05) is 7.05 Å². The van der Waals surface area contributed by atoms with E-state index in [0.717, 1.165) is 36.8 Å². The monoisotopic (exact) mass is 409 g/mol. The van der Waals surface area contributed by atoms with Crippen molar-refractivity contribution in [3.8, 4) is 0 Å². The molecule has 2 aromatic rings. The van der Waals surface area contributed by atoms with Gasteiger partial charge in [-0.1, -0.05) is 66.2 Å². The Balaban J connectivity index is 1.88. The highest BCUT2D eigenvalue weighted by atomic mass is 35.5. The summed E-state index contributed by atoms with van der Waals surface area (Å²) < 4.78 is 0. The van der Waals surface area contributed by atoms with E-state index in [2.05, 4.69) is 0 Å². The summed E-state index contributed by atoms with van der Waals surface area (Å²) in [6.07, 6.45) is 5.04. The fraction of sp³-hybridized carbons (Fsp3) is 0.381. The van der Waals surface area contributed by atoms with Gasteiger partial charge < -0.3 is 4.90 Å². The van der Waals surface area contributed by atoms with Crippen LogP contribution in [0.4, 0.5) is 0 Å². The molecule has 3 rings (SSSR count). The third kappa shape index (κ3) is 4.19. The van der Waals surface area contributed by atoms with E-state index in [0.29, 0.717) is 21.6 Å².